The lowest BCUT2D eigenvalue weighted by molar-refractivity contribution is 0.464. The molecule has 3 heteroatoms. The summed E-state index contributed by atoms with van der Waals surface area (Å²) >= 11 is 5.80. The van der Waals surface area contributed by atoms with Gasteiger partial charge in [-0.25, -0.2) is 0 Å². The normalized spacial score (nSPS) is 25.0. The van der Waals surface area contributed by atoms with Gasteiger partial charge in [-0.2, -0.15) is 0 Å². The minimum atomic E-state index is 0.204. The summed E-state index contributed by atoms with van der Waals surface area (Å²) in [6.07, 6.45) is 1.24. The van der Waals surface area contributed by atoms with Gasteiger partial charge >= 0.3 is 0 Å². The smallest absolute Gasteiger partial charge is 0.138 e. The summed E-state index contributed by atoms with van der Waals surface area (Å²) in [5.74, 6) is 0.978. The lowest BCUT2D eigenvalue weighted by atomic mass is 10.2. The fraction of sp³-hybridized carbons (Fsp3) is 0.455. The molecule has 0 aromatic heterocycles. The molecule has 1 saturated carbocycles. The molecule has 1 aliphatic rings. The second-order valence-corrected chi connectivity index (χ2v) is 4.36. The van der Waals surface area contributed by atoms with E-state index in [1.54, 1.807) is 6.07 Å². The van der Waals surface area contributed by atoms with Crippen LogP contribution in [-0.4, -0.2) is 11.1 Å². The molecule has 0 heterocycles. The molecule has 1 aromatic rings. The van der Waals surface area contributed by atoms with E-state index in [9.17, 15) is 5.11 Å². The Bertz CT molecular complexity index is 340. The van der Waals surface area contributed by atoms with E-state index in [-0.39, 0.29) is 5.75 Å². The van der Waals surface area contributed by atoms with Crippen molar-refractivity contribution in [1.29, 1.82) is 0 Å². The van der Waals surface area contributed by atoms with Gasteiger partial charge in [0.05, 0.1) is 5.02 Å². The number of hydrogen-bond donors (Lipinski definition) is 2. The minimum absolute atomic E-state index is 0.204. The molecular formula is C11H14ClNO. The molecule has 2 rings (SSSR count). The van der Waals surface area contributed by atoms with Gasteiger partial charge in [-0.05, 0) is 18.4 Å². The SMILES string of the molecule is C[C@@H]1C[C@H]1NCc1cccc(Cl)c1O. The van der Waals surface area contributed by atoms with E-state index in [1.165, 1.54) is 6.42 Å². The minimum Gasteiger partial charge on any atom is -0.506 e. The predicted molar refractivity (Wildman–Crippen MR) is 57.5 cm³/mol. The summed E-state index contributed by atoms with van der Waals surface area (Å²) in [4.78, 5) is 0. The molecule has 14 heavy (non-hydrogen) atoms. The third kappa shape index (κ3) is 2.02. The maximum absolute atomic E-state index is 9.62. The zero-order chi connectivity index (χ0) is 10.1. The summed E-state index contributed by atoms with van der Waals surface area (Å²) in [6.45, 7) is 2.91. The highest BCUT2D eigenvalue weighted by Crippen LogP contribution is 2.31. The summed E-state index contributed by atoms with van der Waals surface area (Å²) in [5, 5.41) is 13.4. The van der Waals surface area contributed by atoms with Gasteiger partial charge in [-0.3, -0.25) is 0 Å². The van der Waals surface area contributed by atoms with Crippen molar-refractivity contribution in [2.24, 2.45) is 5.92 Å². The number of hydrogen-bond acceptors (Lipinski definition) is 2. The van der Waals surface area contributed by atoms with Crippen LogP contribution >= 0.6 is 11.6 Å². The lowest BCUT2D eigenvalue weighted by Crippen LogP contribution is -2.17. The topological polar surface area (TPSA) is 32.3 Å². The Labute approximate surface area is 88.9 Å². The van der Waals surface area contributed by atoms with Crippen LogP contribution in [0, 0.1) is 5.92 Å². The standard InChI is InChI=1S/C11H14ClNO/c1-7-5-10(7)13-6-8-3-2-4-9(12)11(8)14/h2-4,7,10,13-14H,5-6H2,1H3/t7-,10-/m1/s1. The van der Waals surface area contributed by atoms with Gasteiger partial charge in [0.2, 0.25) is 0 Å². The molecule has 2 N–H and O–H groups in total. The van der Waals surface area contributed by atoms with E-state index in [0.717, 1.165) is 11.5 Å². The largest absolute Gasteiger partial charge is 0.506 e. The first-order valence-corrected chi connectivity index (χ1v) is 5.26. The highest BCUT2D eigenvalue weighted by atomic mass is 35.5. The first-order chi connectivity index (χ1) is 6.68. The predicted octanol–water partition coefficient (Wildman–Crippen LogP) is 2.54. The van der Waals surface area contributed by atoms with E-state index in [0.29, 0.717) is 17.6 Å². The number of aromatic hydroxyl groups is 1. The zero-order valence-electron chi connectivity index (χ0n) is 8.13. The molecule has 0 radical (unpaired) electrons. The Hall–Kier alpha value is -0.730. The van der Waals surface area contributed by atoms with Crippen LogP contribution in [0.15, 0.2) is 18.2 Å². The van der Waals surface area contributed by atoms with Crippen molar-refractivity contribution >= 4 is 11.6 Å². The van der Waals surface area contributed by atoms with Gasteiger partial charge in [-0.15, -0.1) is 0 Å². The van der Waals surface area contributed by atoms with Gasteiger partial charge in [0.15, 0.2) is 0 Å². The highest BCUT2D eigenvalue weighted by molar-refractivity contribution is 6.32. The number of rotatable bonds is 3. The van der Waals surface area contributed by atoms with Crippen LogP contribution in [0.3, 0.4) is 0 Å². The van der Waals surface area contributed by atoms with E-state index in [2.05, 4.69) is 12.2 Å². The van der Waals surface area contributed by atoms with Crippen LogP contribution in [0.1, 0.15) is 18.9 Å². The molecule has 76 valence electrons. The van der Waals surface area contributed by atoms with Crippen molar-refractivity contribution in [3.8, 4) is 5.75 Å². The molecule has 0 bridgehead atoms. The first kappa shape index (κ1) is 9.81. The molecule has 0 aliphatic heterocycles. The Morgan fingerprint density at radius 1 is 1.57 bits per heavy atom. The van der Waals surface area contributed by atoms with Crippen molar-refractivity contribution in [3.05, 3.63) is 28.8 Å². The number of para-hydroxylation sites is 1. The molecule has 0 saturated heterocycles. The number of benzene rings is 1. The lowest BCUT2D eigenvalue weighted by Gasteiger charge is -2.06. The molecule has 1 aromatic carbocycles. The van der Waals surface area contributed by atoms with Gasteiger partial charge in [0.1, 0.15) is 5.75 Å². The maximum atomic E-state index is 9.62. The van der Waals surface area contributed by atoms with E-state index in [1.807, 2.05) is 12.1 Å². The van der Waals surface area contributed by atoms with Gasteiger partial charge in [-0.1, -0.05) is 30.7 Å². The van der Waals surface area contributed by atoms with E-state index in [4.69, 9.17) is 11.6 Å². The quantitative estimate of drug-likeness (QED) is 0.806. The van der Waals surface area contributed by atoms with Crippen LogP contribution in [-0.2, 0) is 6.54 Å². The first-order valence-electron chi connectivity index (χ1n) is 4.88. The Kier molecular flexibility index (Phi) is 2.66. The summed E-state index contributed by atoms with van der Waals surface area (Å²) in [5.41, 5.74) is 0.872. The maximum Gasteiger partial charge on any atom is 0.138 e. The molecule has 0 amide bonds. The number of nitrogens with one attached hydrogen (secondary N) is 1. The molecular weight excluding hydrogens is 198 g/mol. The fourth-order valence-corrected chi connectivity index (χ4v) is 1.74. The summed E-state index contributed by atoms with van der Waals surface area (Å²) in [7, 11) is 0. The van der Waals surface area contributed by atoms with Gasteiger partial charge in [0.25, 0.3) is 0 Å². The molecule has 1 fully saturated rings. The molecule has 1 aliphatic carbocycles. The number of phenolic OH excluding ortho intramolecular Hbond substituents is 1. The third-order valence-electron chi connectivity index (χ3n) is 2.73. The van der Waals surface area contributed by atoms with Crippen LogP contribution < -0.4 is 5.32 Å². The van der Waals surface area contributed by atoms with Crippen LogP contribution in [0.4, 0.5) is 0 Å². The number of halogens is 1. The van der Waals surface area contributed by atoms with Crippen molar-refractivity contribution < 1.29 is 5.11 Å². The average molecular weight is 212 g/mol. The van der Waals surface area contributed by atoms with Crippen molar-refractivity contribution in [2.45, 2.75) is 25.9 Å². The second kappa shape index (κ2) is 3.79. The fourth-order valence-electron chi connectivity index (χ4n) is 1.55. The third-order valence-corrected chi connectivity index (χ3v) is 3.04. The molecule has 2 atom stereocenters. The van der Waals surface area contributed by atoms with Crippen LogP contribution in [0.25, 0.3) is 0 Å². The summed E-state index contributed by atoms with van der Waals surface area (Å²) in [6, 6.07) is 6.06. The van der Waals surface area contributed by atoms with Crippen molar-refractivity contribution in [2.75, 3.05) is 0 Å². The van der Waals surface area contributed by atoms with Crippen molar-refractivity contribution in [3.63, 3.8) is 0 Å². The summed E-state index contributed by atoms with van der Waals surface area (Å²) < 4.78 is 0. The zero-order valence-corrected chi connectivity index (χ0v) is 8.88. The van der Waals surface area contributed by atoms with Crippen molar-refractivity contribution in [1.82, 2.24) is 5.32 Å². The Morgan fingerprint density at radius 2 is 2.29 bits per heavy atom. The molecule has 0 spiro atoms. The second-order valence-electron chi connectivity index (χ2n) is 3.95. The average Bonchev–Trinajstić information content (AvgIpc) is 2.85. The highest BCUT2D eigenvalue weighted by Gasteiger charge is 2.31. The number of phenols is 1. The molecule has 2 nitrogen and oxygen atoms in total. The van der Waals surface area contributed by atoms with E-state index < -0.39 is 0 Å². The van der Waals surface area contributed by atoms with Gasteiger partial charge < -0.3 is 10.4 Å². The monoisotopic (exact) mass is 211 g/mol. The van der Waals surface area contributed by atoms with Gasteiger partial charge in [0, 0.05) is 18.2 Å². The van der Waals surface area contributed by atoms with Crippen LogP contribution in [0.2, 0.25) is 5.02 Å². The van der Waals surface area contributed by atoms with E-state index >= 15 is 0 Å². The van der Waals surface area contributed by atoms with Crippen LogP contribution in [0.5, 0.6) is 5.75 Å². The Morgan fingerprint density at radius 3 is 2.93 bits per heavy atom. The Balaban J connectivity index is 1.98. The molecule has 0 unspecified atom stereocenters.